The van der Waals surface area contributed by atoms with Gasteiger partial charge >= 0.3 is 6.03 Å². The maximum atomic E-state index is 11.8. The van der Waals surface area contributed by atoms with Crippen molar-refractivity contribution in [3.05, 3.63) is 24.2 Å². The molecule has 0 aromatic carbocycles. The number of urea groups is 1. The number of rotatable bonds is 6. The van der Waals surface area contributed by atoms with Crippen LogP contribution in [-0.2, 0) is 21.4 Å². The molecule has 1 saturated heterocycles. The third-order valence-electron chi connectivity index (χ3n) is 3.71. The molecule has 1 aliphatic rings. The Balaban J connectivity index is 1.68. The number of hydrogen-bond donors (Lipinski definition) is 2. The summed E-state index contributed by atoms with van der Waals surface area (Å²) in [6.45, 7) is 3.48. The number of carbonyl (C=O) groups excluding carboxylic acids is 2. The normalized spacial score (nSPS) is 16.7. The van der Waals surface area contributed by atoms with Gasteiger partial charge in [0.25, 0.3) is 0 Å². The minimum absolute atomic E-state index is 0.0498. The van der Waals surface area contributed by atoms with Gasteiger partial charge in [0, 0.05) is 26.2 Å². The zero-order valence-corrected chi connectivity index (χ0v) is 14.3. The van der Waals surface area contributed by atoms with Crippen molar-refractivity contribution in [2.45, 2.75) is 13.5 Å². The van der Waals surface area contributed by atoms with E-state index >= 15 is 0 Å². The Morgan fingerprint density at radius 3 is 2.54 bits per heavy atom. The SMILES string of the molecule is CCS(=O)(=O)N1CCN(CC(=O)NC(=O)NCc2ccco2)CC1. The molecule has 0 spiro atoms. The highest BCUT2D eigenvalue weighted by Crippen LogP contribution is 2.07. The monoisotopic (exact) mass is 358 g/mol. The molecule has 9 nitrogen and oxygen atoms in total. The van der Waals surface area contributed by atoms with Crippen molar-refractivity contribution < 1.29 is 22.4 Å². The Bertz CT molecular complexity index is 651. The molecule has 0 radical (unpaired) electrons. The number of hydrogen-bond acceptors (Lipinski definition) is 6. The summed E-state index contributed by atoms with van der Waals surface area (Å²) >= 11 is 0. The van der Waals surface area contributed by atoms with E-state index < -0.39 is 22.0 Å². The first kappa shape index (κ1) is 18.4. The minimum Gasteiger partial charge on any atom is -0.467 e. The van der Waals surface area contributed by atoms with Crippen LogP contribution >= 0.6 is 0 Å². The lowest BCUT2D eigenvalue weighted by Gasteiger charge is -2.33. The van der Waals surface area contributed by atoms with E-state index in [9.17, 15) is 18.0 Å². The number of amides is 3. The first-order valence-corrected chi connectivity index (χ1v) is 9.32. The quantitative estimate of drug-likeness (QED) is 0.714. The molecule has 10 heteroatoms. The van der Waals surface area contributed by atoms with Gasteiger partial charge in [-0.05, 0) is 19.1 Å². The second-order valence-electron chi connectivity index (χ2n) is 5.39. The maximum absolute atomic E-state index is 11.8. The number of sulfonamides is 1. The fraction of sp³-hybridized carbons (Fsp3) is 0.571. The second kappa shape index (κ2) is 8.27. The predicted molar refractivity (Wildman–Crippen MR) is 86.6 cm³/mol. The van der Waals surface area contributed by atoms with Gasteiger partial charge in [0.15, 0.2) is 0 Å². The molecule has 3 amide bonds. The molecule has 2 rings (SSSR count). The number of nitrogens with zero attached hydrogens (tertiary/aromatic N) is 2. The molecule has 2 N–H and O–H groups in total. The molecule has 24 heavy (non-hydrogen) atoms. The van der Waals surface area contributed by atoms with Crippen molar-refractivity contribution in [2.75, 3.05) is 38.5 Å². The summed E-state index contributed by atoms with van der Waals surface area (Å²) in [6.07, 6.45) is 1.50. The average Bonchev–Trinajstić information content (AvgIpc) is 3.07. The van der Waals surface area contributed by atoms with E-state index in [1.165, 1.54) is 10.6 Å². The molecule has 0 unspecified atom stereocenters. The largest absolute Gasteiger partial charge is 0.467 e. The van der Waals surface area contributed by atoms with E-state index in [-0.39, 0.29) is 18.8 Å². The van der Waals surface area contributed by atoms with Gasteiger partial charge in [0.05, 0.1) is 25.1 Å². The number of imide groups is 1. The van der Waals surface area contributed by atoms with Crippen molar-refractivity contribution in [1.82, 2.24) is 19.8 Å². The topological polar surface area (TPSA) is 112 Å². The Morgan fingerprint density at radius 2 is 1.96 bits per heavy atom. The maximum Gasteiger partial charge on any atom is 0.321 e. The van der Waals surface area contributed by atoms with Crippen LogP contribution in [0, 0.1) is 0 Å². The van der Waals surface area contributed by atoms with Crippen LogP contribution < -0.4 is 10.6 Å². The number of nitrogens with one attached hydrogen (secondary N) is 2. The van der Waals surface area contributed by atoms with Gasteiger partial charge in [-0.1, -0.05) is 0 Å². The van der Waals surface area contributed by atoms with Crippen LogP contribution in [-0.4, -0.2) is 68.0 Å². The lowest BCUT2D eigenvalue weighted by atomic mass is 10.3. The lowest BCUT2D eigenvalue weighted by Crippen LogP contribution is -2.52. The van der Waals surface area contributed by atoms with Crippen molar-refractivity contribution in [3.63, 3.8) is 0 Å². The van der Waals surface area contributed by atoms with Crippen molar-refractivity contribution in [3.8, 4) is 0 Å². The van der Waals surface area contributed by atoms with Gasteiger partial charge in [0.2, 0.25) is 15.9 Å². The number of furan rings is 1. The molecule has 134 valence electrons. The Hall–Kier alpha value is -1.91. The molecule has 0 bridgehead atoms. The van der Waals surface area contributed by atoms with E-state index in [1.807, 2.05) is 4.90 Å². The van der Waals surface area contributed by atoms with Crippen molar-refractivity contribution in [1.29, 1.82) is 0 Å². The third kappa shape index (κ3) is 5.32. The minimum atomic E-state index is -3.19. The fourth-order valence-electron chi connectivity index (χ4n) is 2.34. The predicted octanol–water partition coefficient (Wildman–Crippen LogP) is -0.427. The summed E-state index contributed by atoms with van der Waals surface area (Å²) in [5, 5.41) is 4.76. The van der Waals surface area contributed by atoms with Gasteiger partial charge in [-0.2, -0.15) is 4.31 Å². The van der Waals surface area contributed by atoms with Gasteiger partial charge in [0.1, 0.15) is 5.76 Å². The van der Waals surface area contributed by atoms with E-state index in [0.717, 1.165) is 0 Å². The van der Waals surface area contributed by atoms with Gasteiger partial charge < -0.3 is 9.73 Å². The first-order valence-electron chi connectivity index (χ1n) is 7.71. The zero-order valence-electron chi connectivity index (χ0n) is 13.5. The van der Waals surface area contributed by atoms with Gasteiger partial charge in [-0.3, -0.25) is 15.0 Å². The van der Waals surface area contributed by atoms with Crippen LogP contribution in [0.15, 0.2) is 22.8 Å². The molecule has 0 aliphatic carbocycles. The van der Waals surface area contributed by atoms with Crippen LogP contribution in [0.5, 0.6) is 0 Å². The van der Waals surface area contributed by atoms with Crippen LogP contribution in [0.3, 0.4) is 0 Å². The van der Waals surface area contributed by atoms with Crippen molar-refractivity contribution >= 4 is 22.0 Å². The fourth-order valence-corrected chi connectivity index (χ4v) is 3.43. The average molecular weight is 358 g/mol. The lowest BCUT2D eigenvalue weighted by molar-refractivity contribution is -0.121. The standard InChI is InChI=1S/C14H22N4O5S/c1-2-24(21,22)18-7-5-17(6-8-18)11-13(19)16-14(20)15-10-12-4-3-9-23-12/h3-4,9H,2,5-8,10-11H2,1H3,(H2,15,16,19,20). The highest BCUT2D eigenvalue weighted by atomic mass is 32.2. The molecule has 0 atom stereocenters. The molecule has 2 heterocycles. The highest BCUT2D eigenvalue weighted by Gasteiger charge is 2.26. The van der Waals surface area contributed by atoms with Crippen LogP contribution in [0.25, 0.3) is 0 Å². The summed E-state index contributed by atoms with van der Waals surface area (Å²) in [7, 11) is -3.19. The zero-order chi connectivity index (χ0) is 17.6. The van der Waals surface area contributed by atoms with E-state index in [2.05, 4.69) is 10.6 Å². The van der Waals surface area contributed by atoms with Crippen LogP contribution in [0.1, 0.15) is 12.7 Å². The Kier molecular flexibility index (Phi) is 6.35. The van der Waals surface area contributed by atoms with E-state index in [0.29, 0.717) is 31.9 Å². The Labute approximate surface area is 141 Å². The van der Waals surface area contributed by atoms with Crippen LogP contribution in [0.4, 0.5) is 4.79 Å². The Morgan fingerprint density at radius 1 is 1.25 bits per heavy atom. The first-order chi connectivity index (χ1) is 11.4. The summed E-state index contributed by atoms with van der Waals surface area (Å²) in [5.74, 6) is 0.230. The molecule has 1 aromatic heterocycles. The summed E-state index contributed by atoms with van der Waals surface area (Å²) in [5.41, 5.74) is 0. The van der Waals surface area contributed by atoms with Crippen molar-refractivity contribution in [2.24, 2.45) is 0 Å². The molecular formula is C14H22N4O5S. The second-order valence-corrected chi connectivity index (χ2v) is 7.64. The molecule has 0 saturated carbocycles. The molecule has 1 aliphatic heterocycles. The molecule has 1 fully saturated rings. The number of piperazine rings is 1. The van der Waals surface area contributed by atoms with Gasteiger partial charge in [-0.25, -0.2) is 13.2 Å². The smallest absolute Gasteiger partial charge is 0.321 e. The third-order valence-corrected chi connectivity index (χ3v) is 5.59. The summed E-state index contributed by atoms with van der Waals surface area (Å²) in [4.78, 5) is 25.3. The molecular weight excluding hydrogens is 336 g/mol. The highest BCUT2D eigenvalue weighted by molar-refractivity contribution is 7.89. The summed E-state index contributed by atoms with van der Waals surface area (Å²) in [6, 6.07) is 2.83. The van der Waals surface area contributed by atoms with Crippen LogP contribution in [0.2, 0.25) is 0 Å². The summed E-state index contributed by atoms with van der Waals surface area (Å²) < 4.78 is 30.0. The van der Waals surface area contributed by atoms with Gasteiger partial charge in [-0.15, -0.1) is 0 Å². The van der Waals surface area contributed by atoms with E-state index in [4.69, 9.17) is 4.42 Å². The van der Waals surface area contributed by atoms with E-state index in [1.54, 1.807) is 19.1 Å². The molecule has 1 aromatic rings. The number of carbonyl (C=O) groups is 2.